The molecule has 0 aromatic heterocycles. The van der Waals surface area contributed by atoms with E-state index in [1.54, 1.807) is 0 Å². The highest BCUT2D eigenvalue weighted by atomic mass is 16.6. The summed E-state index contributed by atoms with van der Waals surface area (Å²) in [5.74, 6) is 6.01. The van der Waals surface area contributed by atoms with Gasteiger partial charge in [-0.2, -0.15) is 0 Å². The molecule has 4 aliphatic rings. The van der Waals surface area contributed by atoms with Crippen LogP contribution in [-0.2, 0) is 0 Å². The molecule has 4 aliphatic carbocycles. The predicted molar refractivity (Wildman–Crippen MR) is 128 cm³/mol. The number of fused-ring (bicyclic) bond motifs is 5. The molecule has 4 fully saturated rings. The van der Waals surface area contributed by atoms with Crippen molar-refractivity contribution in [1.82, 2.24) is 0 Å². The molecule has 0 spiro atoms. The van der Waals surface area contributed by atoms with Crippen molar-refractivity contribution < 1.29 is 4.92 Å². The first-order valence-corrected chi connectivity index (χ1v) is 13.5. The lowest BCUT2D eigenvalue weighted by Gasteiger charge is -2.61. The Bertz CT molecular complexity index is 699. The van der Waals surface area contributed by atoms with E-state index in [0.29, 0.717) is 16.7 Å². The highest BCUT2D eigenvalue weighted by molar-refractivity contribution is 5.14. The maximum Gasteiger partial charge on any atom is 0.233 e. The number of rotatable bonds is 6. The molecule has 4 saturated carbocycles. The first kappa shape index (κ1) is 23.3. The zero-order chi connectivity index (χ0) is 22.4. The van der Waals surface area contributed by atoms with Crippen LogP contribution < -0.4 is 0 Å². The Balaban J connectivity index is 1.46. The lowest BCUT2D eigenvalue weighted by atomic mass is 9.44. The van der Waals surface area contributed by atoms with Gasteiger partial charge in [0, 0.05) is 5.57 Å². The van der Waals surface area contributed by atoms with Crippen molar-refractivity contribution in [2.24, 2.45) is 52.3 Å². The summed E-state index contributed by atoms with van der Waals surface area (Å²) in [5.41, 5.74) is 2.08. The van der Waals surface area contributed by atoms with Gasteiger partial charge < -0.3 is 0 Å². The zero-order valence-corrected chi connectivity index (χ0v) is 20.9. The molecule has 0 amide bonds. The lowest BCUT2D eigenvalue weighted by molar-refractivity contribution is -0.404. The molecule has 0 aromatic rings. The summed E-state index contributed by atoms with van der Waals surface area (Å²) in [6, 6.07) is 0. The molecule has 31 heavy (non-hydrogen) atoms. The smallest absolute Gasteiger partial charge is 0.233 e. The van der Waals surface area contributed by atoms with Crippen LogP contribution in [0.1, 0.15) is 112 Å². The summed E-state index contributed by atoms with van der Waals surface area (Å²) in [6.07, 6.45) is 17.1. The van der Waals surface area contributed by atoms with Gasteiger partial charge in [0.2, 0.25) is 6.20 Å². The van der Waals surface area contributed by atoms with E-state index in [2.05, 4.69) is 34.6 Å². The van der Waals surface area contributed by atoms with E-state index in [1.165, 1.54) is 70.4 Å². The Morgan fingerprint density at radius 1 is 1.00 bits per heavy atom. The molecular formula is C28H47NO2. The van der Waals surface area contributed by atoms with Crippen molar-refractivity contribution >= 4 is 0 Å². The summed E-state index contributed by atoms with van der Waals surface area (Å²) in [6.45, 7) is 12.5. The van der Waals surface area contributed by atoms with Gasteiger partial charge in [0.05, 0.1) is 4.92 Å². The summed E-state index contributed by atoms with van der Waals surface area (Å²) in [7, 11) is 0. The van der Waals surface area contributed by atoms with Gasteiger partial charge in [-0.25, -0.2) is 0 Å². The topological polar surface area (TPSA) is 43.1 Å². The van der Waals surface area contributed by atoms with E-state index in [4.69, 9.17) is 0 Å². The summed E-state index contributed by atoms with van der Waals surface area (Å²) in [4.78, 5) is 10.8. The average Bonchev–Trinajstić information content (AvgIpc) is 3.05. The van der Waals surface area contributed by atoms with Crippen LogP contribution in [0.3, 0.4) is 0 Å². The van der Waals surface area contributed by atoms with Crippen molar-refractivity contribution in [3.05, 3.63) is 21.9 Å². The van der Waals surface area contributed by atoms with Gasteiger partial charge in [-0.3, -0.25) is 10.1 Å². The molecule has 4 rings (SSSR count). The van der Waals surface area contributed by atoms with Gasteiger partial charge in [-0.15, -0.1) is 0 Å². The van der Waals surface area contributed by atoms with E-state index >= 15 is 0 Å². The third kappa shape index (κ3) is 4.24. The number of hydrogen-bond donors (Lipinski definition) is 0. The van der Waals surface area contributed by atoms with Crippen LogP contribution in [0.4, 0.5) is 0 Å². The molecule has 0 N–H and O–H groups in total. The molecule has 0 radical (unpaired) electrons. The van der Waals surface area contributed by atoms with Gasteiger partial charge in [-0.1, -0.05) is 53.9 Å². The molecule has 0 heterocycles. The highest BCUT2D eigenvalue weighted by Gasteiger charge is 2.60. The first-order chi connectivity index (χ1) is 14.6. The van der Waals surface area contributed by atoms with Crippen molar-refractivity contribution in [3.63, 3.8) is 0 Å². The second-order valence-electron chi connectivity index (χ2n) is 13.0. The lowest BCUT2D eigenvalue weighted by Crippen LogP contribution is -2.53. The Kier molecular flexibility index (Phi) is 6.63. The average molecular weight is 430 g/mol. The molecule has 0 aliphatic heterocycles. The third-order valence-corrected chi connectivity index (χ3v) is 11.0. The molecule has 176 valence electrons. The Hall–Kier alpha value is -0.860. The number of nitrogens with zero attached hydrogens (tertiary/aromatic N) is 1. The van der Waals surface area contributed by atoms with Gasteiger partial charge in [0.15, 0.2) is 0 Å². The van der Waals surface area contributed by atoms with E-state index in [9.17, 15) is 10.1 Å². The molecule has 3 heteroatoms. The van der Waals surface area contributed by atoms with Crippen LogP contribution in [0, 0.1) is 62.4 Å². The molecule has 0 saturated heterocycles. The normalized spacial score (nSPS) is 44.6. The van der Waals surface area contributed by atoms with E-state index in [0.717, 1.165) is 53.9 Å². The third-order valence-electron chi connectivity index (χ3n) is 11.0. The molecule has 0 aromatic carbocycles. The second kappa shape index (κ2) is 8.82. The van der Waals surface area contributed by atoms with Gasteiger partial charge in [0.1, 0.15) is 0 Å². The molecule has 1 unspecified atom stereocenters. The molecular weight excluding hydrogens is 382 g/mol. The van der Waals surface area contributed by atoms with Crippen LogP contribution >= 0.6 is 0 Å². The van der Waals surface area contributed by atoms with Crippen LogP contribution in [-0.4, -0.2) is 4.92 Å². The fraction of sp³-hybridized carbons (Fsp3) is 0.929. The van der Waals surface area contributed by atoms with Crippen molar-refractivity contribution in [2.75, 3.05) is 0 Å². The van der Waals surface area contributed by atoms with Crippen LogP contribution in [0.25, 0.3) is 0 Å². The van der Waals surface area contributed by atoms with E-state index in [-0.39, 0.29) is 4.92 Å². The zero-order valence-electron chi connectivity index (χ0n) is 20.9. The quantitative estimate of drug-likeness (QED) is 0.315. The summed E-state index contributed by atoms with van der Waals surface area (Å²) < 4.78 is 0. The first-order valence-electron chi connectivity index (χ1n) is 13.5. The van der Waals surface area contributed by atoms with E-state index in [1.807, 2.05) is 0 Å². The number of allylic oxidation sites excluding steroid dienone is 1. The SMILES string of the molecule is CC(C)CCC[C@@H](C)[C@H]1CC[C@H]2[C@@H]3CCC4C/C(=C/[N+](=O)[O-])CC[C@]4(C)[C@H]3CC[C@]12C. The Labute approximate surface area is 191 Å². The van der Waals surface area contributed by atoms with Crippen LogP contribution in [0.5, 0.6) is 0 Å². The predicted octanol–water partition coefficient (Wildman–Crippen LogP) is 8.27. The summed E-state index contributed by atoms with van der Waals surface area (Å²) >= 11 is 0. The fourth-order valence-electron chi connectivity index (χ4n) is 9.40. The molecule has 8 atom stereocenters. The maximum atomic E-state index is 11.0. The van der Waals surface area contributed by atoms with Gasteiger partial charge >= 0.3 is 0 Å². The van der Waals surface area contributed by atoms with Crippen molar-refractivity contribution in [2.45, 2.75) is 112 Å². The maximum absolute atomic E-state index is 11.0. The Morgan fingerprint density at radius 2 is 1.74 bits per heavy atom. The highest BCUT2D eigenvalue weighted by Crippen LogP contribution is 2.68. The Morgan fingerprint density at radius 3 is 2.45 bits per heavy atom. The van der Waals surface area contributed by atoms with Gasteiger partial charge in [0.25, 0.3) is 0 Å². The van der Waals surface area contributed by atoms with Crippen LogP contribution in [0.2, 0.25) is 0 Å². The fourth-order valence-corrected chi connectivity index (χ4v) is 9.40. The van der Waals surface area contributed by atoms with Gasteiger partial charge in [-0.05, 0) is 110 Å². The monoisotopic (exact) mass is 429 g/mol. The standard InChI is InChI=1S/C28H47NO2/c1-19(2)7-6-8-20(3)24-11-12-25-23-10-9-22-17-21(18-29(30)31)13-15-27(22,4)26(23)14-16-28(24,25)5/h18-20,22-26H,6-17H2,1-5H3/b21-18+/t20-,22?,23+,24-,25+,26+,27+,28-/m1/s1. The number of nitro groups is 1. The largest absolute Gasteiger partial charge is 0.259 e. The second-order valence-corrected chi connectivity index (χ2v) is 13.0. The molecule has 3 nitrogen and oxygen atoms in total. The van der Waals surface area contributed by atoms with Crippen molar-refractivity contribution in [3.8, 4) is 0 Å². The minimum absolute atomic E-state index is 0.226. The number of hydrogen-bond acceptors (Lipinski definition) is 2. The van der Waals surface area contributed by atoms with Crippen molar-refractivity contribution in [1.29, 1.82) is 0 Å². The minimum Gasteiger partial charge on any atom is -0.259 e. The molecule has 0 bridgehead atoms. The summed E-state index contributed by atoms with van der Waals surface area (Å²) in [5, 5.41) is 11.0. The van der Waals surface area contributed by atoms with E-state index < -0.39 is 0 Å². The van der Waals surface area contributed by atoms with Crippen LogP contribution in [0.15, 0.2) is 11.8 Å². The minimum atomic E-state index is -0.226.